The van der Waals surface area contributed by atoms with Crippen LogP contribution < -0.4 is 20.2 Å². The van der Waals surface area contributed by atoms with Gasteiger partial charge in [-0.05, 0) is 86.1 Å². The molecule has 0 aliphatic carbocycles. The quantitative estimate of drug-likeness (QED) is 0.0701. The number of nitrogens with one attached hydrogen (secondary N) is 2. The van der Waals surface area contributed by atoms with Gasteiger partial charge in [0.25, 0.3) is 11.8 Å². The van der Waals surface area contributed by atoms with Crippen molar-refractivity contribution in [2.75, 3.05) is 11.9 Å². The molecule has 0 radical (unpaired) electrons. The number of ether oxygens (including phenoxy) is 2. The third kappa shape index (κ3) is 7.34. The lowest BCUT2D eigenvalue weighted by atomic mass is 10.1. The number of carbonyl (C=O) groups is 3. The summed E-state index contributed by atoms with van der Waals surface area (Å²) >= 11 is 11.2. The molecule has 44 heavy (non-hydrogen) atoms. The SMILES string of the molecule is CCOc1cc(/C=N\NC(=O)c2ccc(NC(=O)c3sc4cc(Br)ccc4c3Cl)cc2)ccc1OC(=O)c1cccc(C)c1. The van der Waals surface area contributed by atoms with E-state index in [1.54, 1.807) is 60.7 Å². The molecule has 2 amide bonds. The molecule has 1 heterocycles. The number of hydrogen-bond donors (Lipinski definition) is 2. The van der Waals surface area contributed by atoms with Crippen molar-refractivity contribution in [3.8, 4) is 11.5 Å². The summed E-state index contributed by atoms with van der Waals surface area (Å²) in [6.45, 7) is 4.08. The van der Waals surface area contributed by atoms with Gasteiger partial charge < -0.3 is 14.8 Å². The number of rotatable bonds is 9. The number of carbonyl (C=O) groups excluding carboxylic acids is 3. The molecule has 8 nitrogen and oxygen atoms in total. The fourth-order valence-electron chi connectivity index (χ4n) is 4.20. The molecule has 1 aromatic heterocycles. The van der Waals surface area contributed by atoms with Gasteiger partial charge in [0.15, 0.2) is 11.5 Å². The van der Waals surface area contributed by atoms with Crippen LogP contribution in [0, 0.1) is 6.92 Å². The number of anilines is 1. The van der Waals surface area contributed by atoms with Gasteiger partial charge in [-0.3, -0.25) is 9.59 Å². The van der Waals surface area contributed by atoms with Crippen LogP contribution in [0.5, 0.6) is 11.5 Å². The third-order valence-electron chi connectivity index (χ3n) is 6.31. The molecule has 0 saturated carbocycles. The molecule has 0 aliphatic rings. The number of nitrogens with zero attached hydrogens (tertiary/aromatic N) is 1. The number of aryl methyl sites for hydroxylation is 1. The van der Waals surface area contributed by atoms with Crippen LogP contribution in [0.3, 0.4) is 0 Å². The second kappa shape index (κ2) is 13.9. The molecule has 0 aliphatic heterocycles. The molecule has 0 spiro atoms. The molecular weight excluding hydrogens is 666 g/mol. The van der Waals surface area contributed by atoms with Gasteiger partial charge >= 0.3 is 5.97 Å². The second-order valence-electron chi connectivity index (χ2n) is 9.51. The summed E-state index contributed by atoms with van der Waals surface area (Å²) in [6.07, 6.45) is 1.45. The smallest absolute Gasteiger partial charge is 0.343 e. The maximum Gasteiger partial charge on any atom is 0.343 e. The zero-order chi connectivity index (χ0) is 31.2. The van der Waals surface area contributed by atoms with E-state index in [4.69, 9.17) is 21.1 Å². The summed E-state index contributed by atoms with van der Waals surface area (Å²) < 4.78 is 13.0. The Morgan fingerprint density at radius 3 is 2.48 bits per heavy atom. The van der Waals surface area contributed by atoms with Crippen LogP contribution in [0.4, 0.5) is 5.69 Å². The maximum absolute atomic E-state index is 12.9. The van der Waals surface area contributed by atoms with Crippen LogP contribution in [-0.4, -0.2) is 30.6 Å². The van der Waals surface area contributed by atoms with Crippen LogP contribution in [0.15, 0.2) is 94.5 Å². The highest BCUT2D eigenvalue weighted by atomic mass is 79.9. The minimum Gasteiger partial charge on any atom is -0.490 e. The number of esters is 1. The standard InChI is InChI=1S/C33H25BrClN3O5S/c1-3-42-27-16-20(7-14-26(27)43-33(41)22-6-4-5-19(2)15-22)18-36-38-31(39)21-8-11-24(12-9-21)37-32(40)30-29(35)25-13-10-23(34)17-28(25)44-30/h4-18H,3H2,1-2H3,(H,37,40)(H,38,39)/b36-18-. The zero-order valence-electron chi connectivity index (χ0n) is 23.5. The first-order valence-corrected chi connectivity index (χ1v) is 15.4. The molecule has 11 heteroatoms. The summed E-state index contributed by atoms with van der Waals surface area (Å²) in [5.74, 6) is -0.630. The van der Waals surface area contributed by atoms with Gasteiger partial charge in [0.2, 0.25) is 0 Å². The summed E-state index contributed by atoms with van der Waals surface area (Å²) in [5, 5.41) is 8.07. The van der Waals surface area contributed by atoms with Crippen molar-refractivity contribution in [1.29, 1.82) is 0 Å². The van der Waals surface area contributed by atoms with E-state index in [0.717, 1.165) is 20.1 Å². The average Bonchev–Trinajstić information content (AvgIpc) is 3.34. The zero-order valence-corrected chi connectivity index (χ0v) is 26.7. The molecule has 2 N–H and O–H groups in total. The van der Waals surface area contributed by atoms with Crippen LogP contribution in [0.25, 0.3) is 10.1 Å². The number of thiophene rings is 1. The Hall–Kier alpha value is -4.51. The monoisotopic (exact) mass is 689 g/mol. The van der Waals surface area contributed by atoms with Gasteiger partial charge in [0, 0.05) is 25.8 Å². The highest BCUT2D eigenvalue weighted by Gasteiger charge is 2.18. The number of hydrogen-bond acceptors (Lipinski definition) is 7. The Bertz CT molecular complexity index is 1910. The number of amides is 2. The van der Waals surface area contributed by atoms with Crippen molar-refractivity contribution in [1.82, 2.24) is 5.43 Å². The molecule has 0 atom stereocenters. The fraction of sp³-hybridized carbons (Fsp3) is 0.0909. The van der Waals surface area contributed by atoms with Gasteiger partial charge in [-0.15, -0.1) is 11.3 Å². The number of fused-ring (bicyclic) bond motifs is 1. The molecule has 0 unspecified atom stereocenters. The lowest BCUT2D eigenvalue weighted by Gasteiger charge is -2.11. The van der Waals surface area contributed by atoms with Crippen molar-refractivity contribution in [2.45, 2.75) is 13.8 Å². The Morgan fingerprint density at radius 2 is 1.73 bits per heavy atom. The lowest BCUT2D eigenvalue weighted by molar-refractivity contribution is 0.0727. The van der Waals surface area contributed by atoms with Crippen LogP contribution >= 0.6 is 38.9 Å². The van der Waals surface area contributed by atoms with E-state index in [2.05, 4.69) is 31.8 Å². The van der Waals surface area contributed by atoms with E-state index < -0.39 is 11.9 Å². The molecule has 222 valence electrons. The van der Waals surface area contributed by atoms with E-state index >= 15 is 0 Å². The minimum absolute atomic E-state index is 0.273. The number of benzene rings is 4. The van der Waals surface area contributed by atoms with Gasteiger partial charge in [-0.1, -0.05) is 51.3 Å². The van der Waals surface area contributed by atoms with Crippen LogP contribution in [-0.2, 0) is 0 Å². The molecule has 0 fully saturated rings. The van der Waals surface area contributed by atoms with E-state index in [-0.39, 0.29) is 11.7 Å². The van der Waals surface area contributed by atoms with Crippen LogP contribution in [0.2, 0.25) is 5.02 Å². The minimum atomic E-state index is -0.494. The predicted octanol–water partition coefficient (Wildman–Crippen LogP) is 8.26. The van der Waals surface area contributed by atoms with Crippen molar-refractivity contribution in [3.63, 3.8) is 0 Å². The third-order valence-corrected chi connectivity index (χ3v) is 8.46. The summed E-state index contributed by atoms with van der Waals surface area (Å²) in [4.78, 5) is 38.5. The van der Waals surface area contributed by atoms with Gasteiger partial charge in [-0.2, -0.15) is 5.10 Å². The van der Waals surface area contributed by atoms with Crippen molar-refractivity contribution in [2.24, 2.45) is 5.10 Å². The largest absolute Gasteiger partial charge is 0.490 e. The highest BCUT2D eigenvalue weighted by Crippen LogP contribution is 2.37. The van der Waals surface area contributed by atoms with Gasteiger partial charge in [0.1, 0.15) is 4.88 Å². The molecule has 0 bridgehead atoms. The van der Waals surface area contributed by atoms with E-state index in [9.17, 15) is 14.4 Å². The summed E-state index contributed by atoms with van der Waals surface area (Å²) in [5.41, 5.74) is 5.34. The first-order valence-electron chi connectivity index (χ1n) is 13.4. The maximum atomic E-state index is 12.9. The Kier molecular flexibility index (Phi) is 9.74. The van der Waals surface area contributed by atoms with E-state index in [0.29, 0.717) is 44.6 Å². The number of halogens is 2. The van der Waals surface area contributed by atoms with E-state index in [1.165, 1.54) is 17.6 Å². The Balaban J connectivity index is 1.19. The second-order valence-corrected chi connectivity index (χ2v) is 11.9. The topological polar surface area (TPSA) is 106 Å². The molecular formula is C33H25BrClN3O5S. The average molecular weight is 691 g/mol. The van der Waals surface area contributed by atoms with Gasteiger partial charge in [0.05, 0.1) is 23.4 Å². The lowest BCUT2D eigenvalue weighted by Crippen LogP contribution is -2.17. The fourth-order valence-corrected chi connectivity index (χ4v) is 6.16. The molecule has 0 saturated heterocycles. The van der Waals surface area contributed by atoms with E-state index in [1.807, 2.05) is 38.1 Å². The van der Waals surface area contributed by atoms with Crippen molar-refractivity contribution in [3.05, 3.63) is 122 Å². The first-order chi connectivity index (χ1) is 21.2. The summed E-state index contributed by atoms with van der Waals surface area (Å²) in [7, 11) is 0. The predicted molar refractivity (Wildman–Crippen MR) is 178 cm³/mol. The van der Waals surface area contributed by atoms with Crippen LogP contribution in [0.1, 0.15) is 48.4 Å². The molecule has 5 aromatic rings. The number of hydrazone groups is 1. The normalized spacial score (nSPS) is 11.0. The summed E-state index contributed by atoms with van der Waals surface area (Å²) in [6, 6.07) is 24.1. The Morgan fingerprint density at radius 1 is 0.932 bits per heavy atom. The highest BCUT2D eigenvalue weighted by molar-refractivity contribution is 9.10. The Labute approximate surface area is 270 Å². The first kappa shape index (κ1) is 30.9. The van der Waals surface area contributed by atoms with Crippen molar-refractivity contribution < 1.29 is 23.9 Å². The molecule has 4 aromatic carbocycles. The van der Waals surface area contributed by atoms with Gasteiger partial charge in [-0.25, -0.2) is 10.2 Å². The van der Waals surface area contributed by atoms with Crippen molar-refractivity contribution >= 4 is 78.6 Å². The molecule has 5 rings (SSSR count).